The van der Waals surface area contributed by atoms with E-state index in [1.54, 1.807) is 6.92 Å². The lowest BCUT2D eigenvalue weighted by Crippen LogP contribution is -2.33. The molecule has 1 aromatic rings. The molecular formula is C12H15FN2O2. The van der Waals surface area contributed by atoms with Gasteiger partial charge in [0.05, 0.1) is 5.22 Å². The van der Waals surface area contributed by atoms with Gasteiger partial charge in [-0.1, -0.05) is 0 Å². The Balaban J connectivity index is 3.69. The van der Waals surface area contributed by atoms with Gasteiger partial charge in [0.15, 0.2) is 0 Å². The Morgan fingerprint density at radius 2 is 2.29 bits per heavy atom. The summed E-state index contributed by atoms with van der Waals surface area (Å²) in [6.07, 6.45) is 4.28. The van der Waals surface area contributed by atoms with Crippen LogP contribution in [-0.2, 0) is 0 Å². The third-order valence-corrected chi connectivity index (χ3v) is 2.18. The summed E-state index contributed by atoms with van der Waals surface area (Å²) < 4.78 is 18.8. The first-order valence-corrected chi connectivity index (χ1v) is 5.18. The van der Waals surface area contributed by atoms with Crippen molar-refractivity contribution in [2.75, 3.05) is 6.54 Å². The predicted molar refractivity (Wildman–Crippen MR) is 64.9 cm³/mol. The van der Waals surface area contributed by atoms with Gasteiger partial charge in [0.1, 0.15) is 11.2 Å². The van der Waals surface area contributed by atoms with Crippen molar-refractivity contribution in [3.63, 3.8) is 0 Å². The molecule has 0 aromatic carbocycles. The molecule has 0 fully saturated rings. The van der Waals surface area contributed by atoms with Crippen molar-refractivity contribution in [2.24, 2.45) is 11.5 Å². The van der Waals surface area contributed by atoms with E-state index in [0.717, 1.165) is 0 Å². The lowest BCUT2D eigenvalue weighted by atomic mass is 10.2. The number of aryl methyl sites for hydroxylation is 1. The first-order valence-electron chi connectivity index (χ1n) is 5.18. The average Bonchev–Trinajstić information content (AvgIpc) is 2.25. The second-order valence-corrected chi connectivity index (χ2v) is 3.48. The smallest absolute Gasteiger partial charge is 0.336 e. The minimum Gasteiger partial charge on any atom is -0.423 e. The van der Waals surface area contributed by atoms with Gasteiger partial charge in [-0.3, -0.25) is 0 Å². The summed E-state index contributed by atoms with van der Waals surface area (Å²) in [6.45, 7) is 1.84. The van der Waals surface area contributed by atoms with Crippen LogP contribution in [-0.4, -0.2) is 6.54 Å². The van der Waals surface area contributed by atoms with Crippen molar-refractivity contribution >= 4 is 11.9 Å². The van der Waals surface area contributed by atoms with Gasteiger partial charge in [-0.25, -0.2) is 9.18 Å². The van der Waals surface area contributed by atoms with Crippen LogP contribution in [0.3, 0.4) is 0 Å². The minimum atomic E-state index is -0.525. The molecule has 5 heteroatoms. The van der Waals surface area contributed by atoms with E-state index < -0.39 is 11.5 Å². The molecule has 0 bridgehead atoms. The quantitative estimate of drug-likeness (QED) is 0.752. The molecule has 0 aliphatic carbocycles. The van der Waals surface area contributed by atoms with E-state index in [2.05, 4.69) is 0 Å². The molecule has 0 aliphatic heterocycles. The second kappa shape index (κ2) is 6.00. The summed E-state index contributed by atoms with van der Waals surface area (Å²) in [6, 6.07) is 1.24. The van der Waals surface area contributed by atoms with Crippen LogP contribution in [0.4, 0.5) is 4.39 Å². The van der Waals surface area contributed by atoms with Gasteiger partial charge in [-0.15, -0.1) is 0 Å². The molecule has 0 unspecified atom stereocenters. The summed E-state index contributed by atoms with van der Waals surface area (Å²) in [5.41, 5.74) is 10.6. The third-order valence-electron chi connectivity index (χ3n) is 2.18. The Hall–Kier alpha value is -1.88. The highest BCUT2D eigenvalue weighted by atomic mass is 19.1. The van der Waals surface area contributed by atoms with Gasteiger partial charge in [0.2, 0.25) is 0 Å². The van der Waals surface area contributed by atoms with Crippen LogP contribution in [0.25, 0.3) is 11.9 Å². The number of allylic oxidation sites excluding steroid dienone is 1. The first kappa shape index (κ1) is 13.2. The van der Waals surface area contributed by atoms with Crippen molar-refractivity contribution in [2.45, 2.75) is 13.3 Å². The van der Waals surface area contributed by atoms with Gasteiger partial charge in [0, 0.05) is 12.5 Å². The Kier molecular flexibility index (Phi) is 4.66. The molecule has 1 rings (SSSR count). The molecule has 1 aromatic heterocycles. The number of hydrogen-bond donors (Lipinski definition) is 2. The minimum absolute atomic E-state index is 0.0990. The zero-order valence-electron chi connectivity index (χ0n) is 9.57. The van der Waals surface area contributed by atoms with Gasteiger partial charge in [0.25, 0.3) is 0 Å². The van der Waals surface area contributed by atoms with Gasteiger partial charge in [-0.05, 0) is 37.4 Å². The van der Waals surface area contributed by atoms with E-state index in [-0.39, 0.29) is 23.6 Å². The van der Waals surface area contributed by atoms with Crippen LogP contribution >= 0.6 is 0 Å². The zero-order chi connectivity index (χ0) is 12.8. The average molecular weight is 238 g/mol. The van der Waals surface area contributed by atoms with Crippen LogP contribution in [0.15, 0.2) is 27.6 Å². The third kappa shape index (κ3) is 3.29. The van der Waals surface area contributed by atoms with Crippen LogP contribution in [0, 0.1) is 6.92 Å². The standard InChI is InChI=1S/C12H15FN2O2/c1-8-7-11(16)17-10(3-2-5-14)12(8)9(13)4-6-15/h2-3,5,7H,4,6,14-15H2,1H3/b5-2+,10-3+,12-9-. The second-order valence-electron chi connectivity index (χ2n) is 3.48. The maximum atomic E-state index is 13.8. The Morgan fingerprint density at radius 3 is 2.88 bits per heavy atom. The highest BCUT2D eigenvalue weighted by Crippen LogP contribution is 1.99. The predicted octanol–water partition coefficient (Wildman–Crippen LogP) is -0.372. The largest absolute Gasteiger partial charge is 0.423 e. The molecule has 0 aliphatic rings. The molecule has 0 atom stereocenters. The fraction of sp³-hybridized carbons (Fsp3) is 0.250. The lowest BCUT2D eigenvalue weighted by molar-refractivity contribution is 0.469. The normalized spacial score (nSPS) is 14.4. The van der Waals surface area contributed by atoms with E-state index in [9.17, 15) is 9.18 Å². The zero-order valence-corrected chi connectivity index (χ0v) is 9.57. The van der Waals surface area contributed by atoms with Gasteiger partial charge < -0.3 is 15.9 Å². The molecule has 17 heavy (non-hydrogen) atoms. The monoisotopic (exact) mass is 238 g/mol. The van der Waals surface area contributed by atoms with E-state index >= 15 is 0 Å². The Labute approximate surface area is 97.7 Å². The molecule has 4 N–H and O–H groups in total. The van der Waals surface area contributed by atoms with E-state index in [1.807, 2.05) is 0 Å². The first-order chi connectivity index (χ1) is 8.10. The maximum absolute atomic E-state index is 13.8. The molecular weight excluding hydrogens is 223 g/mol. The number of rotatable bonds is 3. The summed E-state index contributed by atoms with van der Waals surface area (Å²) in [5.74, 6) is -0.398. The maximum Gasteiger partial charge on any atom is 0.336 e. The number of nitrogens with two attached hydrogens (primary N) is 2. The summed E-state index contributed by atoms with van der Waals surface area (Å²) in [7, 11) is 0. The molecule has 1 heterocycles. The number of hydrogen-bond acceptors (Lipinski definition) is 4. The number of halogens is 1. The highest BCUT2D eigenvalue weighted by molar-refractivity contribution is 5.42. The van der Waals surface area contributed by atoms with Crippen molar-refractivity contribution in [3.8, 4) is 0 Å². The molecule has 0 spiro atoms. The highest BCUT2D eigenvalue weighted by Gasteiger charge is 2.03. The molecule has 0 saturated carbocycles. The molecule has 0 radical (unpaired) electrons. The topological polar surface area (TPSA) is 82.2 Å². The fourth-order valence-corrected chi connectivity index (χ4v) is 1.49. The van der Waals surface area contributed by atoms with Crippen LogP contribution < -0.4 is 27.7 Å². The summed E-state index contributed by atoms with van der Waals surface area (Å²) >= 11 is 0. The molecule has 92 valence electrons. The SMILES string of the molecule is Cc1cc(=O)oc(=C/C=C/N)/c1=C(\F)CCN. The van der Waals surface area contributed by atoms with E-state index in [4.69, 9.17) is 15.9 Å². The molecule has 4 nitrogen and oxygen atoms in total. The van der Waals surface area contributed by atoms with Crippen molar-refractivity contribution < 1.29 is 8.81 Å². The van der Waals surface area contributed by atoms with Crippen LogP contribution in [0.1, 0.15) is 12.0 Å². The van der Waals surface area contributed by atoms with Crippen molar-refractivity contribution in [3.05, 3.63) is 45.0 Å². The van der Waals surface area contributed by atoms with Crippen LogP contribution in [0.2, 0.25) is 0 Å². The molecule has 0 amide bonds. The van der Waals surface area contributed by atoms with E-state index in [1.165, 1.54) is 24.4 Å². The van der Waals surface area contributed by atoms with Gasteiger partial charge >= 0.3 is 5.63 Å². The lowest BCUT2D eigenvalue weighted by Gasteiger charge is -1.98. The van der Waals surface area contributed by atoms with E-state index in [0.29, 0.717) is 5.56 Å². The van der Waals surface area contributed by atoms with Crippen LogP contribution in [0.5, 0.6) is 0 Å². The van der Waals surface area contributed by atoms with Crippen molar-refractivity contribution in [1.29, 1.82) is 0 Å². The van der Waals surface area contributed by atoms with Crippen molar-refractivity contribution in [1.82, 2.24) is 0 Å². The van der Waals surface area contributed by atoms with Gasteiger partial charge in [-0.2, -0.15) is 0 Å². The summed E-state index contributed by atoms with van der Waals surface area (Å²) in [4.78, 5) is 11.2. The summed E-state index contributed by atoms with van der Waals surface area (Å²) in [5, 5.41) is 0.271. The Morgan fingerprint density at radius 1 is 1.59 bits per heavy atom. The fourth-order valence-electron chi connectivity index (χ4n) is 1.49. The molecule has 0 saturated heterocycles. The Bertz CT molecular complexity index is 588.